The van der Waals surface area contributed by atoms with E-state index >= 15 is 9.59 Å². The molecule has 4 aliphatic heterocycles. The van der Waals surface area contributed by atoms with Crippen LogP contribution in [0.4, 0.5) is 0 Å². The maximum atomic E-state index is 15.5. The Morgan fingerprint density at radius 2 is 0.750 bits per heavy atom. The number of hydrogen-bond acceptors (Lipinski definition) is 12. The molecular formula is C54H50N6O12+2. The number of imide groups is 2. The van der Waals surface area contributed by atoms with Crippen LogP contribution in [0.15, 0.2) is 121 Å². The number of benzene rings is 5. The van der Waals surface area contributed by atoms with Gasteiger partial charge in [-0.15, -0.1) is 0 Å². The first-order chi connectivity index (χ1) is 34.8. The number of fused-ring (bicyclic) bond motifs is 4. The summed E-state index contributed by atoms with van der Waals surface area (Å²) in [6, 6.07) is 28.0. The van der Waals surface area contributed by atoms with E-state index in [-0.39, 0.29) is 121 Å². The molecule has 4 atom stereocenters. The van der Waals surface area contributed by atoms with Crippen LogP contribution in [-0.4, -0.2) is 144 Å². The van der Waals surface area contributed by atoms with Crippen molar-refractivity contribution in [2.24, 2.45) is 0 Å². The number of nitrogens with one attached hydrogen (secondary N) is 2. The number of hydrogen-bond donors (Lipinski definition) is 2. The summed E-state index contributed by atoms with van der Waals surface area (Å²) in [7, 11) is 0. The van der Waals surface area contributed by atoms with Gasteiger partial charge in [-0.2, -0.15) is 0 Å². The lowest BCUT2D eigenvalue weighted by atomic mass is 9.93. The van der Waals surface area contributed by atoms with Gasteiger partial charge in [-0.1, -0.05) is 72.8 Å². The van der Waals surface area contributed by atoms with Crippen molar-refractivity contribution in [3.05, 3.63) is 177 Å². The Labute approximate surface area is 413 Å². The highest BCUT2D eigenvalue weighted by Gasteiger charge is 2.55. The van der Waals surface area contributed by atoms with E-state index in [0.717, 1.165) is 9.80 Å². The van der Waals surface area contributed by atoms with E-state index < -0.39 is 80.2 Å². The maximum Gasteiger partial charge on any atom is 0.370 e. The van der Waals surface area contributed by atoms with Gasteiger partial charge < -0.3 is 20.1 Å². The number of esters is 2. The minimum atomic E-state index is -1.51. The van der Waals surface area contributed by atoms with E-state index in [9.17, 15) is 38.4 Å². The zero-order chi connectivity index (χ0) is 50.9. The normalized spacial score (nSPS) is 20.4. The summed E-state index contributed by atoms with van der Waals surface area (Å²) in [5.41, 5.74) is 1.22. The number of carbonyl (C=O) groups excluding carboxylic acids is 10. The molecule has 0 aliphatic carbocycles. The largest absolute Gasteiger partial charge is 0.461 e. The van der Waals surface area contributed by atoms with Crippen LogP contribution < -0.4 is 10.6 Å². The van der Waals surface area contributed by atoms with E-state index in [2.05, 4.69) is 10.6 Å². The van der Waals surface area contributed by atoms with Gasteiger partial charge in [-0.05, 0) is 62.4 Å². The van der Waals surface area contributed by atoms with Crippen LogP contribution in [0.5, 0.6) is 0 Å². The fourth-order valence-corrected chi connectivity index (χ4v) is 10.5. The van der Waals surface area contributed by atoms with Gasteiger partial charge in [0.25, 0.3) is 35.4 Å². The second-order valence-corrected chi connectivity index (χ2v) is 17.8. The molecule has 4 heterocycles. The molecule has 0 radical (unpaired) electrons. The third kappa shape index (κ3) is 8.22. The molecule has 4 aliphatic rings. The zero-order valence-electron chi connectivity index (χ0n) is 39.5. The summed E-state index contributed by atoms with van der Waals surface area (Å²) in [5.74, 6) is -6.35. The van der Waals surface area contributed by atoms with Gasteiger partial charge in [0, 0.05) is 11.1 Å². The van der Waals surface area contributed by atoms with Crippen LogP contribution in [0, 0.1) is 0 Å². The quantitative estimate of drug-likeness (QED) is 0.0905. The predicted molar refractivity (Wildman–Crippen MR) is 255 cm³/mol. The van der Waals surface area contributed by atoms with Crippen molar-refractivity contribution in [3.63, 3.8) is 0 Å². The average Bonchev–Trinajstić information content (AvgIpc) is 3.78. The average molecular weight is 975 g/mol. The molecule has 0 fully saturated rings. The zero-order valence-corrected chi connectivity index (χ0v) is 39.5. The molecule has 0 saturated heterocycles. The lowest BCUT2D eigenvalue weighted by Gasteiger charge is -2.43. The topological polar surface area (TPSA) is 220 Å². The highest BCUT2D eigenvalue weighted by Crippen LogP contribution is 2.39. The van der Waals surface area contributed by atoms with Crippen molar-refractivity contribution in [1.29, 1.82) is 0 Å². The predicted octanol–water partition coefficient (Wildman–Crippen LogP) is 4.29. The van der Waals surface area contributed by atoms with Crippen LogP contribution >= 0.6 is 0 Å². The molecule has 18 nitrogen and oxygen atoms in total. The summed E-state index contributed by atoms with van der Waals surface area (Å²) in [6.45, 7) is 1.11. The van der Waals surface area contributed by atoms with Crippen molar-refractivity contribution in [2.45, 2.75) is 25.9 Å². The standard InChI is InChI=1S/C54H48N6O12/c1-3-71-53(69)43(59(29-25-55-45(61)35-13-5-11-19-41(35)51(59)67)31-27-57-47(63)37-15-7-8-16-38(37)48(57)64)33-21-23-34(24-22-33)44(54(70)72-4-2)60(30-26-56-46(62)36-14-6-12-20-42(36)52(60)68)32-28-58-49(65)39-17-9-10-18-40(39)50(58)66/h5-24,43-44H,3-4,25-32H2,1-2H3/p+2. The first-order valence-electron chi connectivity index (χ1n) is 23.7. The fourth-order valence-electron chi connectivity index (χ4n) is 10.5. The Hall–Kier alpha value is -8.48. The molecule has 0 aromatic heterocycles. The SMILES string of the molecule is CCOC(=O)C(c1ccc(C(C(=O)OCC)[N+]2(CCN3C(=O)c4ccccc4C3=O)CCNC(=O)c3ccccc3C2=O)cc1)[N+]1(CCN2C(=O)c3ccccc3C2=O)CCNC(=O)c2ccccc2C1=O. The molecule has 4 unspecified atom stereocenters. The van der Waals surface area contributed by atoms with Crippen molar-refractivity contribution in [3.8, 4) is 0 Å². The molecule has 0 bridgehead atoms. The third-order valence-electron chi connectivity index (χ3n) is 14.0. The molecule has 366 valence electrons. The van der Waals surface area contributed by atoms with E-state index in [0.29, 0.717) is 0 Å². The highest BCUT2D eigenvalue weighted by molar-refractivity contribution is 6.22. The minimum Gasteiger partial charge on any atom is -0.461 e. The molecule has 72 heavy (non-hydrogen) atoms. The molecule has 5 aromatic rings. The van der Waals surface area contributed by atoms with Gasteiger partial charge in [0.15, 0.2) is 0 Å². The number of amides is 8. The Morgan fingerprint density at radius 1 is 0.458 bits per heavy atom. The Balaban J connectivity index is 1.18. The Bertz CT molecular complexity index is 2840. The van der Waals surface area contributed by atoms with Crippen LogP contribution in [0.2, 0.25) is 0 Å². The van der Waals surface area contributed by atoms with Crippen molar-refractivity contribution in [1.82, 2.24) is 20.4 Å². The molecule has 9 rings (SSSR count). The van der Waals surface area contributed by atoms with E-state index in [4.69, 9.17) is 9.47 Å². The van der Waals surface area contributed by atoms with Gasteiger partial charge in [0.05, 0.1) is 83.9 Å². The van der Waals surface area contributed by atoms with E-state index in [1.54, 1.807) is 62.4 Å². The van der Waals surface area contributed by atoms with Crippen LogP contribution in [-0.2, 0) is 19.1 Å². The number of carbonyl (C=O) groups is 10. The first-order valence-corrected chi connectivity index (χ1v) is 23.7. The number of quaternary nitrogens is 2. The van der Waals surface area contributed by atoms with Crippen LogP contribution in [0.3, 0.4) is 0 Å². The highest BCUT2D eigenvalue weighted by atomic mass is 16.5. The Morgan fingerprint density at radius 3 is 1.06 bits per heavy atom. The summed E-state index contributed by atoms with van der Waals surface area (Å²) in [4.78, 5) is 144. The molecule has 2 N–H and O–H groups in total. The summed E-state index contributed by atoms with van der Waals surface area (Å²) in [5, 5.41) is 5.69. The van der Waals surface area contributed by atoms with Crippen molar-refractivity contribution in [2.75, 3.05) is 65.6 Å². The van der Waals surface area contributed by atoms with Gasteiger partial charge in [-0.25, -0.2) is 28.1 Å². The monoisotopic (exact) mass is 974 g/mol. The van der Waals surface area contributed by atoms with E-state index in [1.807, 2.05) is 0 Å². The second kappa shape index (κ2) is 19.7. The van der Waals surface area contributed by atoms with E-state index in [1.165, 1.54) is 72.8 Å². The van der Waals surface area contributed by atoms with Gasteiger partial charge >= 0.3 is 23.8 Å². The summed E-state index contributed by atoms with van der Waals surface area (Å²) >= 11 is 0. The lowest BCUT2D eigenvalue weighted by Crippen LogP contribution is -2.63. The molecule has 8 amide bonds. The lowest BCUT2D eigenvalue weighted by molar-refractivity contribution is -0.870. The number of nitrogens with zero attached hydrogens (tertiary/aromatic N) is 4. The third-order valence-corrected chi connectivity index (χ3v) is 14.0. The smallest absolute Gasteiger partial charge is 0.370 e. The fraction of sp³-hybridized carbons (Fsp3) is 0.259. The van der Waals surface area contributed by atoms with Gasteiger partial charge in [0.2, 0.25) is 12.1 Å². The van der Waals surface area contributed by atoms with Gasteiger partial charge in [0.1, 0.15) is 26.2 Å². The maximum absolute atomic E-state index is 15.5. The summed E-state index contributed by atoms with van der Waals surface area (Å²) < 4.78 is 9.94. The molecular weight excluding hydrogens is 925 g/mol. The van der Waals surface area contributed by atoms with Crippen molar-refractivity contribution >= 4 is 59.2 Å². The number of ether oxygens (including phenoxy) is 2. The Kier molecular flexibility index (Phi) is 13.3. The first kappa shape index (κ1) is 48.5. The minimum absolute atomic E-state index is 0.0159. The van der Waals surface area contributed by atoms with Crippen LogP contribution in [0.1, 0.15) is 120 Å². The van der Waals surface area contributed by atoms with Crippen LogP contribution in [0.25, 0.3) is 0 Å². The molecule has 18 heteroatoms. The molecule has 0 saturated carbocycles. The van der Waals surface area contributed by atoms with Crippen molar-refractivity contribution < 1.29 is 66.4 Å². The number of rotatable bonds is 14. The molecule has 5 aromatic carbocycles. The second-order valence-electron chi connectivity index (χ2n) is 17.8. The molecule has 0 spiro atoms. The summed E-state index contributed by atoms with van der Waals surface area (Å²) in [6.07, 6.45) is 0. The van der Waals surface area contributed by atoms with Gasteiger partial charge in [-0.3, -0.25) is 38.6 Å².